The zero-order chi connectivity index (χ0) is 16.1. The minimum atomic E-state index is -0.122. The molecule has 3 rings (SSSR count). The monoisotopic (exact) mass is 313 g/mol. The summed E-state index contributed by atoms with van der Waals surface area (Å²) in [6.07, 6.45) is 0. The number of hydrogen-bond donors (Lipinski definition) is 1. The Balaban J connectivity index is 1.60. The Hall–Kier alpha value is -2.69. The van der Waals surface area contributed by atoms with Gasteiger partial charge in [0.25, 0.3) is 5.91 Å². The molecule has 0 fully saturated rings. The van der Waals surface area contributed by atoms with E-state index in [1.54, 1.807) is 24.3 Å². The van der Waals surface area contributed by atoms with E-state index in [1.165, 1.54) is 0 Å². The van der Waals surface area contributed by atoms with Crippen LogP contribution in [0, 0.1) is 0 Å². The third kappa shape index (κ3) is 3.74. The predicted molar refractivity (Wildman–Crippen MR) is 86.2 cm³/mol. The maximum Gasteiger partial charge on any atom is 0.251 e. The lowest BCUT2D eigenvalue weighted by Crippen LogP contribution is -2.23. The Morgan fingerprint density at radius 3 is 2.57 bits per heavy atom. The van der Waals surface area contributed by atoms with Crippen molar-refractivity contribution in [2.75, 3.05) is 19.8 Å². The van der Waals surface area contributed by atoms with Crippen molar-refractivity contribution >= 4 is 5.91 Å². The number of nitrogens with one attached hydrogen (secondary N) is 1. The van der Waals surface area contributed by atoms with Gasteiger partial charge in [0.15, 0.2) is 11.5 Å². The molecule has 1 amide bonds. The van der Waals surface area contributed by atoms with Crippen molar-refractivity contribution in [3.05, 3.63) is 53.6 Å². The molecule has 0 aromatic heterocycles. The van der Waals surface area contributed by atoms with E-state index in [2.05, 4.69) is 5.32 Å². The van der Waals surface area contributed by atoms with Crippen LogP contribution < -0.4 is 19.5 Å². The molecule has 2 aromatic carbocycles. The summed E-state index contributed by atoms with van der Waals surface area (Å²) in [7, 11) is 0. The maximum absolute atomic E-state index is 12.2. The van der Waals surface area contributed by atoms with Crippen LogP contribution in [0.1, 0.15) is 22.8 Å². The highest BCUT2D eigenvalue weighted by Gasteiger charge is 2.12. The summed E-state index contributed by atoms with van der Waals surface area (Å²) in [5, 5.41) is 2.90. The quantitative estimate of drug-likeness (QED) is 0.922. The molecule has 1 aliphatic heterocycles. The van der Waals surface area contributed by atoms with Crippen molar-refractivity contribution in [2.24, 2.45) is 0 Å². The van der Waals surface area contributed by atoms with Crippen LogP contribution in [0.3, 0.4) is 0 Å². The lowest BCUT2D eigenvalue weighted by atomic mass is 10.1. The van der Waals surface area contributed by atoms with Crippen LogP contribution in [-0.4, -0.2) is 25.7 Å². The van der Waals surface area contributed by atoms with Crippen molar-refractivity contribution in [2.45, 2.75) is 13.5 Å². The minimum Gasteiger partial charge on any atom is -0.494 e. The van der Waals surface area contributed by atoms with Crippen LogP contribution in [0.5, 0.6) is 17.2 Å². The first-order valence-electron chi connectivity index (χ1n) is 7.66. The van der Waals surface area contributed by atoms with E-state index in [9.17, 15) is 4.79 Å². The van der Waals surface area contributed by atoms with Gasteiger partial charge in [0.1, 0.15) is 19.0 Å². The fraction of sp³-hybridized carbons (Fsp3) is 0.278. The molecular formula is C18H19NO4. The second-order valence-electron chi connectivity index (χ2n) is 5.12. The molecule has 0 aliphatic carbocycles. The second-order valence-corrected chi connectivity index (χ2v) is 5.12. The maximum atomic E-state index is 12.2. The number of fused-ring (bicyclic) bond motifs is 1. The van der Waals surface area contributed by atoms with E-state index < -0.39 is 0 Å². The fourth-order valence-electron chi connectivity index (χ4n) is 2.35. The first-order chi connectivity index (χ1) is 11.3. The van der Waals surface area contributed by atoms with Crippen LogP contribution in [0.4, 0.5) is 0 Å². The van der Waals surface area contributed by atoms with Gasteiger partial charge in [-0.15, -0.1) is 0 Å². The molecule has 0 saturated carbocycles. The minimum absolute atomic E-state index is 0.122. The Morgan fingerprint density at radius 1 is 1.09 bits per heavy atom. The van der Waals surface area contributed by atoms with Crippen LogP contribution >= 0.6 is 0 Å². The lowest BCUT2D eigenvalue weighted by molar-refractivity contribution is 0.0950. The average molecular weight is 313 g/mol. The summed E-state index contributed by atoms with van der Waals surface area (Å²) in [5.41, 5.74) is 1.57. The highest BCUT2D eigenvalue weighted by molar-refractivity contribution is 5.94. The first kappa shape index (κ1) is 15.2. The van der Waals surface area contributed by atoms with Gasteiger partial charge < -0.3 is 19.5 Å². The van der Waals surface area contributed by atoms with Gasteiger partial charge in [-0.1, -0.05) is 6.07 Å². The smallest absolute Gasteiger partial charge is 0.251 e. The number of ether oxygens (including phenoxy) is 3. The molecule has 1 N–H and O–H groups in total. The van der Waals surface area contributed by atoms with Gasteiger partial charge in [0.2, 0.25) is 0 Å². The average Bonchev–Trinajstić information content (AvgIpc) is 2.60. The van der Waals surface area contributed by atoms with Crippen molar-refractivity contribution in [3.63, 3.8) is 0 Å². The van der Waals surface area contributed by atoms with Crippen molar-refractivity contribution in [1.29, 1.82) is 0 Å². The highest BCUT2D eigenvalue weighted by atomic mass is 16.6. The second kappa shape index (κ2) is 7.05. The molecule has 2 aromatic rings. The molecule has 23 heavy (non-hydrogen) atoms. The van der Waals surface area contributed by atoms with Crippen molar-refractivity contribution in [3.8, 4) is 17.2 Å². The number of rotatable bonds is 5. The molecule has 0 saturated heterocycles. The molecule has 120 valence electrons. The zero-order valence-corrected chi connectivity index (χ0v) is 13.0. The summed E-state index contributed by atoms with van der Waals surface area (Å²) in [6, 6.07) is 12.8. The largest absolute Gasteiger partial charge is 0.494 e. The Labute approximate surface area is 135 Å². The van der Waals surface area contributed by atoms with E-state index in [0.717, 1.165) is 22.8 Å². The lowest BCUT2D eigenvalue weighted by Gasteiger charge is -2.19. The molecule has 1 heterocycles. The van der Waals surface area contributed by atoms with Crippen LogP contribution in [0.2, 0.25) is 0 Å². The van der Waals surface area contributed by atoms with E-state index in [1.807, 2.05) is 25.1 Å². The van der Waals surface area contributed by atoms with Gasteiger partial charge in [-0.25, -0.2) is 0 Å². The predicted octanol–water partition coefficient (Wildman–Crippen LogP) is 2.79. The molecule has 0 bridgehead atoms. The number of carbonyl (C=O) groups excluding carboxylic acids is 1. The standard InChI is InChI=1S/C18H19NO4/c1-2-21-15-6-4-14(5-7-15)18(20)19-12-13-3-8-16-17(11-13)23-10-9-22-16/h3-8,11H,2,9-10,12H2,1H3,(H,19,20). The summed E-state index contributed by atoms with van der Waals surface area (Å²) in [4.78, 5) is 12.2. The van der Waals surface area contributed by atoms with Gasteiger partial charge in [0, 0.05) is 12.1 Å². The summed E-state index contributed by atoms with van der Waals surface area (Å²) < 4.78 is 16.4. The molecule has 1 aliphatic rings. The highest BCUT2D eigenvalue weighted by Crippen LogP contribution is 2.30. The molecule has 5 nitrogen and oxygen atoms in total. The summed E-state index contributed by atoms with van der Waals surface area (Å²) >= 11 is 0. The Bertz CT molecular complexity index is 682. The van der Waals surface area contributed by atoms with E-state index in [4.69, 9.17) is 14.2 Å². The van der Waals surface area contributed by atoms with Crippen LogP contribution in [0.15, 0.2) is 42.5 Å². The normalized spacial score (nSPS) is 12.6. The number of carbonyl (C=O) groups is 1. The topological polar surface area (TPSA) is 56.8 Å². The Kier molecular flexibility index (Phi) is 4.66. The molecule has 0 unspecified atom stereocenters. The third-order valence-electron chi connectivity index (χ3n) is 3.49. The van der Waals surface area contributed by atoms with Crippen LogP contribution in [-0.2, 0) is 6.54 Å². The number of amides is 1. The van der Waals surface area contributed by atoms with Crippen molar-refractivity contribution < 1.29 is 19.0 Å². The zero-order valence-electron chi connectivity index (χ0n) is 13.0. The van der Waals surface area contributed by atoms with Crippen molar-refractivity contribution in [1.82, 2.24) is 5.32 Å². The number of benzene rings is 2. The number of hydrogen-bond acceptors (Lipinski definition) is 4. The first-order valence-corrected chi connectivity index (χ1v) is 7.66. The molecular weight excluding hydrogens is 294 g/mol. The van der Waals surface area contributed by atoms with Gasteiger partial charge in [0.05, 0.1) is 6.61 Å². The van der Waals surface area contributed by atoms with Gasteiger partial charge in [-0.3, -0.25) is 4.79 Å². The fourth-order valence-corrected chi connectivity index (χ4v) is 2.35. The van der Waals surface area contributed by atoms with Gasteiger partial charge in [-0.2, -0.15) is 0 Å². The van der Waals surface area contributed by atoms with E-state index in [0.29, 0.717) is 31.9 Å². The SMILES string of the molecule is CCOc1ccc(C(=O)NCc2ccc3c(c2)OCCO3)cc1. The van der Waals surface area contributed by atoms with E-state index >= 15 is 0 Å². The molecule has 0 radical (unpaired) electrons. The van der Waals surface area contributed by atoms with Gasteiger partial charge >= 0.3 is 0 Å². The van der Waals surface area contributed by atoms with Gasteiger partial charge in [-0.05, 0) is 48.9 Å². The summed E-state index contributed by atoms with van der Waals surface area (Å²) in [5.74, 6) is 2.11. The Morgan fingerprint density at radius 2 is 1.83 bits per heavy atom. The summed E-state index contributed by atoms with van der Waals surface area (Å²) in [6.45, 7) is 4.09. The van der Waals surface area contributed by atoms with E-state index in [-0.39, 0.29) is 5.91 Å². The third-order valence-corrected chi connectivity index (χ3v) is 3.49. The molecule has 0 spiro atoms. The molecule has 0 atom stereocenters. The van der Waals surface area contributed by atoms with Crippen LogP contribution in [0.25, 0.3) is 0 Å². The molecule has 5 heteroatoms.